The number of hydrogen-bond acceptors (Lipinski definition) is 4. The van der Waals surface area contributed by atoms with Crippen LogP contribution < -0.4 is 5.73 Å². The standard InChI is InChI=1S/C14H22N4O/c1-9-5-4-6-18(13(9)8-15)14(19)12-7-10(2)16-17-11(12)3/h7,9,13H,4-6,8,15H2,1-3H3. The van der Waals surface area contributed by atoms with Crippen LogP contribution in [0.5, 0.6) is 0 Å². The fourth-order valence-electron chi connectivity index (χ4n) is 2.78. The number of nitrogens with two attached hydrogens (primary N) is 1. The molecule has 2 rings (SSSR count). The van der Waals surface area contributed by atoms with Crippen molar-refractivity contribution in [2.24, 2.45) is 11.7 Å². The Balaban J connectivity index is 2.29. The van der Waals surface area contributed by atoms with Crippen LogP contribution in [0.3, 0.4) is 0 Å². The summed E-state index contributed by atoms with van der Waals surface area (Å²) in [6.07, 6.45) is 2.18. The Bertz CT molecular complexity index is 475. The van der Waals surface area contributed by atoms with Gasteiger partial charge in [-0.05, 0) is 38.7 Å². The van der Waals surface area contributed by atoms with Crippen molar-refractivity contribution in [3.63, 3.8) is 0 Å². The van der Waals surface area contributed by atoms with Crippen molar-refractivity contribution < 1.29 is 4.79 Å². The van der Waals surface area contributed by atoms with Gasteiger partial charge in [-0.2, -0.15) is 10.2 Å². The van der Waals surface area contributed by atoms with E-state index in [-0.39, 0.29) is 11.9 Å². The van der Waals surface area contributed by atoms with Crippen molar-refractivity contribution in [2.75, 3.05) is 13.1 Å². The Morgan fingerprint density at radius 3 is 2.89 bits per heavy atom. The summed E-state index contributed by atoms with van der Waals surface area (Å²) in [5, 5.41) is 8.01. The average Bonchev–Trinajstić information content (AvgIpc) is 2.40. The number of amides is 1. The highest BCUT2D eigenvalue weighted by molar-refractivity contribution is 5.95. The van der Waals surface area contributed by atoms with Gasteiger partial charge in [0.15, 0.2) is 0 Å². The van der Waals surface area contributed by atoms with E-state index in [1.165, 1.54) is 0 Å². The molecule has 1 aliphatic rings. The van der Waals surface area contributed by atoms with Crippen molar-refractivity contribution in [2.45, 2.75) is 39.7 Å². The van der Waals surface area contributed by atoms with Crippen LogP contribution in [-0.2, 0) is 0 Å². The van der Waals surface area contributed by atoms with E-state index in [0.717, 1.165) is 25.1 Å². The minimum Gasteiger partial charge on any atom is -0.334 e. The van der Waals surface area contributed by atoms with E-state index < -0.39 is 0 Å². The molecule has 1 aliphatic heterocycles. The Labute approximate surface area is 114 Å². The van der Waals surface area contributed by atoms with Crippen molar-refractivity contribution in [1.29, 1.82) is 0 Å². The van der Waals surface area contributed by atoms with Gasteiger partial charge in [0.25, 0.3) is 5.91 Å². The van der Waals surface area contributed by atoms with Gasteiger partial charge in [0.1, 0.15) is 0 Å². The molecule has 2 atom stereocenters. The van der Waals surface area contributed by atoms with E-state index in [4.69, 9.17) is 5.73 Å². The fourth-order valence-corrected chi connectivity index (χ4v) is 2.78. The maximum Gasteiger partial charge on any atom is 0.256 e. The summed E-state index contributed by atoms with van der Waals surface area (Å²) >= 11 is 0. The number of likely N-dealkylation sites (tertiary alicyclic amines) is 1. The molecule has 2 N–H and O–H groups in total. The molecule has 104 valence electrons. The quantitative estimate of drug-likeness (QED) is 0.871. The van der Waals surface area contributed by atoms with Gasteiger partial charge >= 0.3 is 0 Å². The van der Waals surface area contributed by atoms with E-state index in [1.807, 2.05) is 24.8 Å². The molecule has 1 aromatic heterocycles. The maximum atomic E-state index is 12.7. The molecular weight excluding hydrogens is 240 g/mol. The first-order valence-corrected chi connectivity index (χ1v) is 6.86. The van der Waals surface area contributed by atoms with Crippen molar-refractivity contribution in [1.82, 2.24) is 15.1 Å². The van der Waals surface area contributed by atoms with Crippen molar-refractivity contribution in [3.8, 4) is 0 Å². The molecule has 1 aromatic rings. The van der Waals surface area contributed by atoms with Crippen LogP contribution in [0.1, 0.15) is 41.5 Å². The van der Waals surface area contributed by atoms with Crippen LogP contribution in [0.2, 0.25) is 0 Å². The summed E-state index contributed by atoms with van der Waals surface area (Å²) in [7, 11) is 0. The molecule has 0 radical (unpaired) electrons. The zero-order valence-corrected chi connectivity index (χ0v) is 11.9. The van der Waals surface area contributed by atoms with Crippen LogP contribution in [0.25, 0.3) is 0 Å². The monoisotopic (exact) mass is 262 g/mol. The highest BCUT2D eigenvalue weighted by Gasteiger charge is 2.32. The number of hydrogen-bond donors (Lipinski definition) is 1. The molecule has 0 saturated carbocycles. The molecule has 1 saturated heterocycles. The van der Waals surface area contributed by atoms with Gasteiger partial charge in [0.05, 0.1) is 17.0 Å². The lowest BCUT2D eigenvalue weighted by atomic mass is 9.90. The van der Waals surface area contributed by atoms with Gasteiger partial charge in [-0.25, -0.2) is 0 Å². The summed E-state index contributed by atoms with van der Waals surface area (Å²) < 4.78 is 0. The van der Waals surface area contributed by atoms with Crippen molar-refractivity contribution >= 4 is 5.91 Å². The normalized spacial score (nSPS) is 23.5. The highest BCUT2D eigenvalue weighted by atomic mass is 16.2. The summed E-state index contributed by atoms with van der Waals surface area (Å²) in [6, 6.07) is 1.95. The summed E-state index contributed by atoms with van der Waals surface area (Å²) in [5.41, 5.74) is 7.95. The third kappa shape index (κ3) is 2.76. The number of rotatable bonds is 2. The number of aromatic nitrogens is 2. The number of aryl methyl sites for hydroxylation is 2. The lowest BCUT2D eigenvalue weighted by molar-refractivity contribution is 0.0531. The molecule has 0 bridgehead atoms. The van der Waals surface area contributed by atoms with Crippen LogP contribution in [0.15, 0.2) is 6.07 Å². The van der Waals surface area contributed by atoms with Gasteiger partial charge < -0.3 is 10.6 Å². The second-order valence-electron chi connectivity index (χ2n) is 5.41. The zero-order valence-electron chi connectivity index (χ0n) is 11.9. The second kappa shape index (κ2) is 5.65. The van der Waals surface area contributed by atoms with Crippen LogP contribution in [0.4, 0.5) is 0 Å². The van der Waals surface area contributed by atoms with E-state index in [9.17, 15) is 4.79 Å². The average molecular weight is 262 g/mol. The number of nitrogens with zero attached hydrogens (tertiary/aromatic N) is 3. The summed E-state index contributed by atoms with van der Waals surface area (Å²) in [4.78, 5) is 14.6. The van der Waals surface area contributed by atoms with Gasteiger partial charge in [-0.1, -0.05) is 6.92 Å². The molecule has 1 amide bonds. The third-order valence-electron chi connectivity index (χ3n) is 3.95. The third-order valence-corrected chi connectivity index (χ3v) is 3.95. The lowest BCUT2D eigenvalue weighted by Crippen LogP contribution is -2.51. The molecule has 0 spiro atoms. The first-order chi connectivity index (χ1) is 9.04. The van der Waals surface area contributed by atoms with Gasteiger partial charge in [-0.3, -0.25) is 4.79 Å². The molecule has 1 fully saturated rings. The second-order valence-corrected chi connectivity index (χ2v) is 5.41. The van der Waals surface area contributed by atoms with E-state index in [2.05, 4.69) is 17.1 Å². The predicted octanol–water partition coefficient (Wildman–Crippen LogP) is 1.29. The molecular formula is C14H22N4O. The Hall–Kier alpha value is -1.49. The number of piperidine rings is 1. The number of carbonyl (C=O) groups excluding carboxylic acids is 1. The Kier molecular flexibility index (Phi) is 4.14. The molecule has 2 heterocycles. The summed E-state index contributed by atoms with van der Waals surface area (Å²) in [5.74, 6) is 0.497. The number of carbonyl (C=O) groups is 1. The van der Waals surface area contributed by atoms with Crippen LogP contribution in [-0.4, -0.2) is 40.1 Å². The minimum atomic E-state index is 0.0394. The topological polar surface area (TPSA) is 72.1 Å². The van der Waals surface area contributed by atoms with Crippen LogP contribution >= 0.6 is 0 Å². The Morgan fingerprint density at radius 2 is 2.21 bits per heavy atom. The maximum absolute atomic E-state index is 12.7. The highest BCUT2D eigenvalue weighted by Crippen LogP contribution is 2.24. The van der Waals surface area contributed by atoms with Crippen LogP contribution in [0, 0.1) is 19.8 Å². The molecule has 2 unspecified atom stereocenters. The van der Waals surface area contributed by atoms with Crippen molar-refractivity contribution in [3.05, 3.63) is 23.0 Å². The van der Waals surface area contributed by atoms with Gasteiger partial charge in [0.2, 0.25) is 0 Å². The minimum absolute atomic E-state index is 0.0394. The largest absolute Gasteiger partial charge is 0.334 e. The molecule has 5 heteroatoms. The molecule has 19 heavy (non-hydrogen) atoms. The predicted molar refractivity (Wildman–Crippen MR) is 73.8 cm³/mol. The molecule has 0 aliphatic carbocycles. The zero-order chi connectivity index (χ0) is 14.0. The van der Waals surface area contributed by atoms with E-state index in [1.54, 1.807) is 0 Å². The van der Waals surface area contributed by atoms with Gasteiger partial charge in [0, 0.05) is 19.1 Å². The Morgan fingerprint density at radius 1 is 1.47 bits per heavy atom. The van der Waals surface area contributed by atoms with Gasteiger partial charge in [-0.15, -0.1) is 0 Å². The van der Waals surface area contributed by atoms with E-state index in [0.29, 0.717) is 23.7 Å². The SMILES string of the molecule is Cc1cc(C(=O)N2CCCC(C)C2CN)c(C)nn1. The smallest absolute Gasteiger partial charge is 0.256 e. The lowest BCUT2D eigenvalue weighted by Gasteiger charge is -2.39. The first kappa shape index (κ1) is 13.9. The summed E-state index contributed by atoms with van der Waals surface area (Å²) in [6.45, 7) is 7.14. The first-order valence-electron chi connectivity index (χ1n) is 6.86. The van der Waals surface area contributed by atoms with E-state index >= 15 is 0 Å². The molecule has 5 nitrogen and oxygen atoms in total. The fraction of sp³-hybridized carbons (Fsp3) is 0.643. The molecule has 0 aromatic carbocycles.